The van der Waals surface area contributed by atoms with Crippen molar-refractivity contribution in [2.45, 2.75) is 71.9 Å². The highest BCUT2D eigenvalue weighted by Crippen LogP contribution is 2.21. The molecule has 26 heavy (non-hydrogen) atoms. The summed E-state index contributed by atoms with van der Waals surface area (Å²) in [5.74, 6) is 0.916. The summed E-state index contributed by atoms with van der Waals surface area (Å²) in [4.78, 5) is 7.27. The van der Waals surface area contributed by atoms with Gasteiger partial charge < -0.3 is 15.5 Å². The number of guanidine groups is 1. The Morgan fingerprint density at radius 2 is 2.04 bits per heavy atom. The summed E-state index contributed by atoms with van der Waals surface area (Å²) in [6.45, 7) is 11.3. The predicted octanol–water partition coefficient (Wildman–Crippen LogP) is 2.40. The zero-order chi connectivity index (χ0) is 19.1. The summed E-state index contributed by atoms with van der Waals surface area (Å²) in [6, 6.07) is 1.07. The van der Waals surface area contributed by atoms with Gasteiger partial charge in [-0.1, -0.05) is 12.8 Å². The number of hydrogen-bond donors (Lipinski definition) is 2. The predicted molar refractivity (Wildman–Crippen MR) is 110 cm³/mol. The third-order valence-electron chi connectivity index (χ3n) is 5.57. The minimum atomic E-state index is 0.307. The van der Waals surface area contributed by atoms with Gasteiger partial charge in [0, 0.05) is 37.9 Å². The average molecular weight is 363 g/mol. The number of likely N-dealkylation sites (N-methyl/N-ethyl adjacent to an activating group) is 1. The Kier molecular flexibility index (Phi) is 7.94. The summed E-state index contributed by atoms with van der Waals surface area (Å²) in [6.07, 6.45) is 6.41. The van der Waals surface area contributed by atoms with Crippen molar-refractivity contribution in [3.8, 4) is 0 Å². The highest BCUT2D eigenvalue weighted by atomic mass is 15.3. The number of nitrogens with zero attached hydrogens (tertiary/aromatic N) is 4. The lowest BCUT2D eigenvalue weighted by Gasteiger charge is -2.23. The second-order valence-electron chi connectivity index (χ2n) is 7.70. The Morgan fingerprint density at radius 3 is 2.62 bits per heavy atom. The SMILES string of the molecule is CCNC(=NCCN(C)C1CCCC1)NC(C)Cc1c(C)nn(C)c1C. The molecule has 0 radical (unpaired) electrons. The van der Waals surface area contributed by atoms with Crippen LogP contribution in [-0.4, -0.2) is 59.4 Å². The van der Waals surface area contributed by atoms with Crippen molar-refractivity contribution < 1.29 is 0 Å². The quantitative estimate of drug-likeness (QED) is 0.551. The van der Waals surface area contributed by atoms with Gasteiger partial charge in [-0.05, 0) is 59.6 Å². The van der Waals surface area contributed by atoms with Crippen molar-refractivity contribution >= 4 is 5.96 Å². The van der Waals surface area contributed by atoms with Crippen molar-refractivity contribution in [3.63, 3.8) is 0 Å². The molecule has 0 aliphatic heterocycles. The maximum Gasteiger partial charge on any atom is 0.191 e. The van der Waals surface area contributed by atoms with E-state index in [1.54, 1.807) is 0 Å². The fraction of sp³-hybridized carbons (Fsp3) is 0.800. The standard InChI is InChI=1S/C20H38N6/c1-7-21-20(22-12-13-25(5)18-10-8-9-11-18)23-15(2)14-19-16(3)24-26(6)17(19)4/h15,18H,7-14H2,1-6H3,(H2,21,22,23). The molecule has 1 heterocycles. The van der Waals surface area contributed by atoms with Gasteiger partial charge in [0.15, 0.2) is 5.96 Å². The van der Waals surface area contributed by atoms with Crippen LogP contribution >= 0.6 is 0 Å². The van der Waals surface area contributed by atoms with Gasteiger partial charge in [0.05, 0.1) is 12.2 Å². The van der Waals surface area contributed by atoms with E-state index in [2.05, 4.69) is 55.4 Å². The lowest BCUT2D eigenvalue weighted by atomic mass is 10.1. The van der Waals surface area contributed by atoms with E-state index in [4.69, 9.17) is 4.99 Å². The molecule has 1 aliphatic carbocycles. The molecule has 0 saturated heterocycles. The van der Waals surface area contributed by atoms with E-state index in [0.29, 0.717) is 6.04 Å². The maximum absolute atomic E-state index is 4.79. The summed E-state index contributed by atoms with van der Waals surface area (Å²) in [7, 11) is 4.25. The van der Waals surface area contributed by atoms with Gasteiger partial charge in [0.1, 0.15) is 0 Å². The van der Waals surface area contributed by atoms with E-state index in [0.717, 1.165) is 43.8 Å². The fourth-order valence-corrected chi connectivity index (χ4v) is 3.87. The topological polar surface area (TPSA) is 57.5 Å². The minimum absolute atomic E-state index is 0.307. The largest absolute Gasteiger partial charge is 0.357 e. The molecule has 0 bridgehead atoms. The highest BCUT2D eigenvalue weighted by molar-refractivity contribution is 5.80. The van der Waals surface area contributed by atoms with Gasteiger partial charge in [-0.2, -0.15) is 5.10 Å². The van der Waals surface area contributed by atoms with Gasteiger partial charge in [-0.15, -0.1) is 0 Å². The van der Waals surface area contributed by atoms with Crippen molar-refractivity contribution in [2.24, 2.45) is 12.0 Å². The smallest absolute Gasteiger partial charge is 0.191 e. The molecular formula is C20H38N6. The van der Waals surface area contributed by atoms with Crippen molar-refractivity contribution in [2.75, 3.05) is 26.7 Å². The first kappa shape index (κ1) is 20.7. The molecule has 1 aromatic heterocycles. The third-order valence-corrected chi connectivity index (χ3v) is 5.57. The van der Waals surface area contributed by atoms with Gasteiger partial charge in [0.25, 0.3) is 0 Å². The second-order valence-corrected chi connectivity index (χ2v) is 7.70. The fourth-order valence-electron chi connectivity index (χ4n) is 3.87. The van der Waals surface area contributed by atoms with E-state index in [1.165, 1.54) is 36.9 Å². The molecule has 1 atom stereocenters. The van der Waals surface area contributed by atoms with Crippen LogP contribution < -0.4 is 10.6 Å². The van der Waals surface area contributed by atoms with Crippen LogP contribution in [0.15, 0.2) is 4.99 Å². The van der Waals surface area contributed by atoms with Gasteiger partial charge in [-0.3, -0.25) is 9.67 Å². The van der Waals surface area contributed by atoms with E-state index in [-0.39, 0.29) is 0 Å². The van der Waals surface area contributed by atoms with E-state index in [9.17, 15) is 0 Å². The summed E-state index contributed by atoms with van der Waals surface area (Å²) in [5, 5.41) is 11.5. The average Bonchev–Trinajstić information content (AvgIpc) is 3.20. The number of aliphatic imine (C=N–C) groups is 1. The molecule has 0 amide bonds. The molecule has 2 N–H and O–H groups in total. The van der Waals surface area contributed by atoms with Gasteiger partial charge in [-0.25, -0.2) is 0 Å². The van der Waals surface area contributed by atoms with Crippen molar-refractivity contribution in [3.05, 3.63) is 17.0 Å². The van der Waals surface area contributed by atoms with Crippen LogP contribution in [0.25, 0.3) is 0 Å². The molecule has 1 aromatic rings. The molecule has 2 rings (SSSR count). The first-order valence-electron chi connectivity index (χ1n) is 10.2. The number of rotatable bonds is 8. The highest BCUT2D eigenvalue weighted by Gasteiger charge is 2.19. The zero-order valence-electron chi connectivity index (χ0n) is 17.6. The number of aryl methyl sites for hydroxylation is 2. The lowest BCUT2D eigenvalue weighted by molar-refractivity contribution is 0.252. The Hall–Kier alpha value is -1.56. The summed E-state index contributed by atoms with van der Waals surface area (Å²) < 4.78 is 1.97. The van der Waals surface area contributed by atoms with Crippen LogP contribution in [0, 0.1) is 13.8 Å². The number of aromatic nitrogens is 2. The molecule has 1 fully saturated rings. The molecule has 0 aromatic carbocycles. The van der Waals surface area contributed by atoms with Gasteiger partial charge in [0.2, 0.25) is 0 Å². The third kappa shape index (κ3) is 5.73. The van der Waals surface area contributed by atoms with E-state index in [1.807, 2.05) is 11.7 Å². The van der Waals surface area contributed by atoms with Crippen molar-refractivity contribution in [1.82, 2.24) is 25.3 Å². The van der Waals surface area contributed by atoms with Crippen LogP contribution in [0.1, 0.15) is 56.5 Å². The summed E-state index contributed by atoms with van der Waals surface area (Å²) in [5.41, 5.74) is 3.71. The first-order valence-corrected chi connectivity index (χ1v) is 10.2. The normalized spacial score (nSPS) is 17.1. The molecule has 1 unspecified atom stereocenters. The molecule has 1 saturated carbocycles. The van der Waals surface area contributed by atoms with Gasteiger partial charge >= 0.3 is 0 Å². The molecule has 6 nitrogen and oxygen atoms in total. The van der Waals surface area contributed by atoms with Crippen LogP contribution in [0.4, 0.5) is 0 Å². The Labute approximate surface area is 159 Å². The first-order chi connectivity index (χ1) is 12.4. The zero-order valence-corrected chi connectivity index (χ0v) is 17.6. The van der Waals surface area contributed by atoms with Crippen LogP contribution in [0.2, 0.25) is 0 Å². The Balaban J connectivity index is 1.87. The van der Waals surface area contributed by atoms with Crippen LogP contribution in [0.5, 0.6) is 0 Å². The molecule has 148 valence electrons. The molecule has 6 heteroatoms. The van der Waals surface area contributed by atoms with Crippen LogP contribution in [0.3, 0.4) is 0 Å². The Bertz CT molecular complexity index is 585. The molecular weight excluding hydrogens is 324 g/mol. The van der Waals surface area contributed by atoms with Crippen LogP contribution in [-0.2, 0) is 13.5 Å². The number of nitrogens with one attached hydrogen (secondary N) is 2. The number of hydrogen-bond acceptors (Lipinski definition) is 3. The molecule has 1 aliphatic rings. The maximum atomic E-state index is 4.79. The lowest BCUT2D eigenvalue weighted by Crippen LogP contribution is -2.43. The van der Waals surface area contributed by atoms with E-state index >= 15 is 0 Å². The van der Waals surface area contributed by atoms with E-state index < -0.39 is 0 Å². The second kappa shape index (κ2) is 9.95. The summed E-state index contributed by atoms with van der Waals surface area (Å²) >= 11 is 0. The monoisotopic (exact) mass is 362 g/mol. The van der Waals surface area contributed by atoms with Crippen molar-refractivity contribution in [1.29, 1.82) is 0 Å². The Morgan fingerprint density at radius 1 is 1.35 bits per heavy atom. The molecule has 0 spiro atoms. The minimum Gasteiger partial charge on any atom is -0.357 e.